The Morgan fingerprint density at radius 1 is 1.33 bits per heavy atom. The molecule has 1 saturated heterocycles. The predicted octanol–water partition coefficient (Wildman–Crippen LogP) is 0.565. The largest absolute Gasteiger partial charge is 0.333 e. The molecule has 3 rings (SSSR count). The number of hydrogen-bond donors (Lipinski definition) is 2. The van der Waals surface area contributed by atoms with Crippen molar-refractivity contribution in [1.82, 2.24) is 19.8 Å². The van der Waals surface area contributed by atoms with E-state index in [-0.39, 0.29) is 24.4 Å². The van der Waals surface area contributed by atoms with Gasteiger partial charge in [0.25, 0.3) is 5.91 Å². The monoisotopic (exact) mass is 352 g/mol. The van der Waals surface area contributed by atoms with Gasteiger partial charge in [-0.05, 0) is 32.0 Å². The Morgan fingerprint density at radius 2 is 2.08 bits per heavy atom. The minimum Gasteiger partial charge on any atom is -0.333 e. The maximum absolute atomic E-state index is 12.7. The van der Waals surface area contributed by atoms with Gasteiger partial charge in [0.15, 0.2) is 0 Å². The lowest BCUT2D eigenvalue weighted by Crippen LogP contribution is -2.52. The molecule has 1 aromatic heterocycles. The molecule has 1 atom stereocenters. The van der Waals surface area contributed by atoms with Crippen molar-refractivity contribution in [2.75, 3.05) is 19.6 Å². The fraction of sp³-hybridized carbons (Fsp3) is 0.438. The number of carbonyl (C=O) groups excluding carboxylic acids is 1. The average molecular weight is 353 g/mol. The number of nitrogens with zero attached hydrogens (tertiary/aromatic N) is 2. The van der Waals surface area contributed by atoms with Crippen LogP contribution in [0.3, 0.4) is 0 Å². The second kappa shape index (κ2) is 7.19. The summed E-state index contributed by atoms with van der Waals surface area (Å²) in [5.41, 5.74) is 0.407. The van der Waals surface area contributed by atoms with Crippen molar-refractivity contribution in [2.24, 2.45) is 0 Å². The number of hydrogen-bond acceptors (Lipinski definition) is 4. The second-order valence-electron chi connectivity index (χ2n) is 5.79. The first-order valence-corrected chi connectivity index (χ1v) is 7.81. The van der Waals surface area contributed by atoms with Crippen LogP contribution in [0.4, 0.5) is 0 Å². The number of carbonyl (C=O) groups is 1. The van der Waals surface area contributed by atoms with E-state index in [0.29, 0.717) is 29.7 Å². The normalized spacial score (nSPS) is 17.6. The van der Waals surface area contributed by atoms with Gasteiger partial charge >= 0.3 is 11.1 Å². The van der Waals surface area contributed by atoms with E-state index in [9.17, 15) is 14.4 Å². The maximum atomic E-state index is 12.7. The number of aryl methyl sites for hydroxylation is 1. The van der Waals surface area contributed by atoms with Crippen molar-refractivity contribution in [3.63, 3.8) is 0 Å². The molecule has 1 fully saturated rings. The van der Waals surface area contributed by atoms with Crippen molar-refractivity contribution in [3.8, 4) is 0 Å². The summed E-state index contributed by atoms with van der Waals surface area (Å²) in [6.45, 7) is 6.41. The fourth-order valence-corrected chi connectivity index (χ4v) is 3.03. The van der Waals surface area contributed by atoms with Crippen LogP contribution < -0.4 is 16.4 Å². The van der Waals surface area contributed by atoms with Crippen LogP contribution in [0.1, 0.15) is 24.2 Å². The molecule has 2 heterocycles. The summed E-state index contributed by atoms with van der Waals surface area (Å²) in [5.74, 6) is -0.0593. The highest BCUT2D eigenvalue weighted by atomic mass is 35.5. The zero-order valence-corrected chi connectivity index (χ0v) is 14.5. The van der Waals surface area contributed by atoms with Crippen LogP contribution in [0.25, 0.3) is 11.0 Å². The topological polar surface area (TPSA) is 87.2 Å². The van der Waals surface area contributed by atoms with Gasteiger partial charge in [-0.1, -0.05) is 0 Å². The molecule has 0 aliphatic carbocycles. The molecule has 7 nitrogen and oxygen atoms in total. The predicted molar refractivity (Wildman–Crippen MR) is 95.1 cm³/mol. The molecule has 1 aromatic carbocycles. The quantitative estimate of drug-likeness (QED) is 0.773. The molecule has 130 valence electrons. The van der Waals surface area contributed by atoms with Gasteiger partial charge in [0.2, 0.25) is 0 Å². The van der Waals surface area contributed by atoms with Gasteiger partial charge in [-0.15, -0.1) is 12.4 Å². The van der Waals surface area contributed by atoms with Crippen molar-refractivity contribution in [3.05, 3.63) is 44.5 Å². The van der Waals surface area contributed by atoms with E-state index < -0.39 is 11.1 Å². The van der Waals surface area contributed by atoms with Gasteiger partial charge < -0.3 is 19.8 Å². The number of fused-ring (bicyclic) bond motifs is 1. The molecule has 1 aliphatic heterocycles. The lowest BCUT2D eigenvalue weighted by molar-refractivity contribution is 0.0656. The molecule has 0 bridgehead atoms. The van der Waals surface area contributed by atoms with Gasteiger partial charge in [-0.25, -0.2) is 0 Å². The van der Waals surface area contributed by atoms with Gasteiger partial charge in [0.1, 0.15) is 0 Å². The minimum absolute atomic E-state index is 0. The standard InChI is InChI=1S/C16H20N4O3.ClH/c1-3-19-13-5-4-11(8-12(13)18-14(21)16(19)23)15(22)20-7-6-17-9-10(20)2;/h4-5,8,10,17H,3,6-7,9H2,1-2H3,(H,18,21);1H. The minimum atomic E-state index is -0.667. The van der Waals surface area contributed by atoms with Crippen molar-refractivity contribution >= 4 is 29.3 Å². The zero-order valence-electron chi connectivity index (χ0n) is 13.7. The number of aromatic amines is 1. The SMILES string of the molecule is CCn1c(=O)c(=O)[nH]c2cc(C(=O)N3CCNCC3C)ccc21.Cl. The molecular formula is C16H21ClN4O3. The number of rotatable bonds is 2. The Morgan fingerprint density at radius 3 is 2.75 bits per heavy atom. The van der Waals surface area contributed by atoms with Crippen LogP contribution in [0.2, 0.25) is 0 Å². The fourth-order valence-electron chi connectivity index (χ4n) is 3.03. The summed E-state index contributed by atoms with van der Waals surface area (Å²) in [5, 5.41) is 3.25. The van der Waals surface area contributed by atoms with Crippen molar-refractivity contribution in [2.45, 2.75) is 26.4 Å². The average Bonchev–Trinajstić information content (AvgIpc) is 2.55. The molecule has 8 heteroatoms. The highest BCUT2D eigenvalue weighted by molar-refractivity contribution is 5.97. The molecule has 1 amide bonds. The molecule has 24 heavy (non-hydrogen) atoms. The molecule has 2 N–H and O–H groups in total. The van der Waals surface area contributed by atoms with Crippen LogP contribution in [0.5, 0.6) is 0 Å². The first-order valence-electron chi connectivity index (χ1n) is 7.81. The molecule has 0 radical (unpaired) electrons. The van der Waals surface area contributed by atoms with E-state index in [1.807, 2.05) is 18.7 Å². The Balaban J connectivity index is 0.00000208. The molecule has 1 aliphatic rings. The third-order valence-corrected chi connectivity index (χ3v) is 4.30. The first-order chi connectivity index (χ1) is 11.0. The van der Waals surface area contributed by atoms with E-state index in [1.165, 1.54) is 4.57 Å². The Hall–Kier alpha value is -2.12. The number of piperazine rings is 1. The highest BCUT2D eigenvalue weighted by Crippen LogP contribution is 2.15. The Kier molecular flexibility index (Phi) is 5.46. The Bertz CT molecular complexity index is 874. The van der Waals surface area contributed by atoms with Crippen LogP contribution in [-0.4, -0.2) is 46.0 Å². The van der Waals surface area contributed by atoms with E-state index in [2.05, 4.69) is 10.3 Å². The third kappa shape index (κ3) is 3.09. The number of nitrogens with one attached hydrogen (secondary N) is 2. The van der Waals surface area contributed by atoms with E-state index in [4.69, 9.17) is 0 Å². The summed E-state index contributed by atoms with van der Waals surface area (Å²) in [4.78, 5) is 40.7. The van der Waals surface area contributed by atoms with Gasteiger partial charge in [-0.3, -0.25) is 14.4 Å². The van der Waals surface area contributed by atoms with Crippen LogP contribution in [0, 0.1) is 0 Å². The van der Waals surface area contributed by atoms with Crippen molar-refractivity contribution in [1.29, 1.82) is 0 Å². The van der Waals surface area contributed by atoms with E-state index in [0.717, 1.165) is 13.1 Å². The maximum Gasteiger partial charge on any atom is 0.316 e. The molecule has 1 unspecified atom stereocenters. The first kappa shape index (κ1) is 18.2. The Labute approximate surface area is 145 Å². The summed E-state index contributed by atoms with van der Waals surface area (Å²) >= 11 is 0. The molecule has 0 spiro atoms. The highest BCUT2D eigenvalue weighted by Gasteiger charge is 2.24. The van der Waals surface area contributed by atoms with Gasteiger partial charge in [0, 0.05) is 37.8 Å². The number of H-pyrrole nitrogens is 1. The summed E-state index contributed by atoms with van der Waals surface area (Å²) in [7, 11) is 0. The van der Waals surface area contributed by atoms with Gasteiger partial charge in [-0.2, -0.15) is 0 Å². The van der Waals surface area contributed by atoms with Crippen LogP contribution in [0.15, 0.2) is 27.8 Å². The van der Waals surface area contributed by atoms with Crippen LogP contribution >= 0.6 is 12.4 Å². The van der Waals surface area contributed by atoms with Crippen molar-refractivity contribution < 1.29 is 4.79 Å². The smallest absolute Gasteiger partial charge is 0.316 e. The number of aromatic nitrogens is 2. The van der Waals surface area contributed by atoms with E-state index >= 15 is 0 Å². The summed E-state index contributed by atoms with van der Waals surface area (Å²) in [6.07, 6.45) is 0. The van der Waals surface area contributed by atoms with Gasteiger partial charge in [0.05, 0.1) is 11.0 Å². The third-order valence-electron chi connectivity index (χ3n) is 4.30. The van der Waals surface area contributed by atoms with Crippen LogP contribution in [-0.2, 0) is 6.54 Å². The summed E-state index contributed by atoms with van der Waals surface area (Å²) in [6, 6.07) is 5.20. The number of benzene rings is 1. The molecule has 2 aromatic rings. The molecular weight excluding hydrogens is 332 g/mol. The van der Waals surface area contributed by atoms with E-state index in [1.54, 1.807) is 18.2 Å². The lowest BCUT2D eigenvalue weighted by atomic mass is 10.1. The zero-order chi connectivity index (χ0) is 16.6. The summed E-state index contributed by atoms with van der Waals surface area (Å²) < 4.78 is 1.41. The number of halogens is 1. The molecule has 0 saturated carbocycles. The number of amides is 1. The lowest BCUT2D eigenvalue weighted by Gasteiger charge is -2.34. The second-order valence-corrected chi connectivity index (χ2v) is 5.79.